The van der Waals surface area contributed by atoms with E-state index >= 15 is 0 Å². The molecule has 0 aromatic heterocycles. The molecule has 3 rings (SSSR count). The molecular weight excluding hydrogens is 568 g/mol. The summed E-state index contributed by atoms with van der Waals surface area (Å²) in [6.07, 6.45) is 10.1. The summed E-state index contributed by atoms with van der Waals surface area (Å²) in [7, 11) is 0. The van der Waals surface area contributed by atoms with E-state index in [4.69, 9.17) is 9.47 Å². The molecule has 4 heteroatoms. The molecule has 0 spiro atoms. The molecule has 2 aromatic rings. The van der Waals surface area contributed by atoms with Gasteiger partial charge in [0.15, 0.2) is 0 Å². The number of aryl methyl sites for hydroxylation is 2. The van der Waals surface area contributed by atoms with Gasteiger partial charge < -0.3 is 9.47 Å². The van der Waals surface area contributed by atoms with E-state index in [2.05, 4.69) is 58.0 Å². The molecular formula is C42H64O4. The maximum atomic E-state index is 13.8. The van der Waals surface area contributed by atoms with Crippen molar-refractivity contribution in [3.8, 4) is 5.75 Å². The van der Waals surface area contributed by atoms with Crippen LogP contribution in [0.2, 0.25) is 0 Å². The second-order valence-corrected chi connectivity index (χ2v) is 15.9. The summed E-state index contributed by atoms with van der Waals surface area (Å²) < 4.78 is 12.3. The standard InChI is InChI=1S/C42H64O4/c1-13-38(8,9)34-23-21-32(27-30(34)6)42(25-19-18-20-26-42)33-22-24-35(31(7)28-33)45-36(43)39(10,11)29-41(16-4,17-5)37(44)46-40(12,14-2)15-3/h21-24,27-28H,13-20,25-26,29H2,1-12H3. The molecule has 0 amide bonds. The Morgan fingerprint density at radius 2 is 1.24 bits per heavy atom. The first-order valence-electron chi connectivity index (χ1n) is 18.2. The molecule has 2 aromatic carbocycles. The van der Waals surface area contributed by atoms with Gasteiger partial charge in [0.25, 0.3) is 0 Å². The minimum atomic E-state index is -0.874. The van der Waals surface area contributed by atoms with Crippen LogP contribution in [0.3, 0.4) is 0 Å². The second kappa shape index (κ2) is 14.7. The van der Waals surface area contributed by atoms with Crippen molar-refractivity contribution in [1.29, 1.82) is 0 Å². The van der Waals surface area contributed by atoms with Crippen molar-refractivity contribution in [2.75, 3.05) is 0 Å². The van der Waals surface area contributed by atoms with Crippen molar-refractivity contribution in [3.63, 3.8) is 0 Å². The Morgan fingerprint density at radius 1 is 0.696 bits per heavy atom. The third kappa shape index (κ3) is 7.74. The Labute approximate surface area is 281 Å². The number of carbonyl (C=O) groups excluding carboxylic acids is 2. The molecule has 1 aliphatic rings. The van der Waals surface area contributed by atoms with E-state index in [-0.39, 0.29) is 22.8 Å². The summed E-state index contributed by atoms with van der Waals surface area (Å²) in [6.45, 7) is 25.2. The van der Waals surface area contributed by atoms with Gasteiger partial charge in [0, 0.05) is 5.41 Å². The lowest BCUT2D eigenvalue weighted by atomic mass is 9.64. The smallest absolute Gasteiger partial charge is 0.316 e. The lowest BCUT2D eigenvalue weighted by molar-refractivity contribution is -0.175. The van der Waals surface area contributed by atoms with Crippen molar-refractivity contribution in [1.82, 2.24) is 0 Å². The zero-order valence-corrected chi connectivity index (χ0v) is 31.4. The Hall–Kier alpha value is -2.62. The molecule has 46 heavy (non-hydrogen) atoms. The zero-order chi connectivity index (χ0) is 34.6. The van der Waals surface area contributed by atoms with Gasteiger partial charge in [-0.1, -0.05) is 98.1 Å². The molecule has 0 bridgehead atoms. The van der Waals surface area contributed by atoms with Crippen LogP contribution in [0.15, 0.2) is 36.4 Å². The number of carbonyl (C=O) groups is 2. The van der Waals surface area contributed by atoms with E-state index in [1.165, 1.54) is 41.5 Å². The van der Waals surface area contributed by atoms with Gasteiger partial charge in [0.2, 0.25) is 0 Å². The maximum absolute atomic E-state index is 13.8. The summed E-state index contributed by atoms with van der Waals surface area (Å²) in [6, 6.07) is 13.6. The maximum Gasteiger partial charge on any atom is 0.316 e. The highest BCUT2D eigenvalue weighted by molar-refractivity contribution is 5.82. The van der Waals surface area contributed by atoms with E-state index in [9.17, 15) is 9.59 Å². The summed E-state index contributed by atoms with van der Waals surface area (Å²) in [5, 5.41) is 0. The Bertz CT molecular complexity index is 1350. The van der Waals surface area contributed by atoms with Gasteiger partial charge in [-0.25, -0.2) is 0 Å². The molecule has 0 N–H and O–H groups in total. The number of ether oxygens (including phenoxy) is 2. The third-order valence-electron chi connectivity index (χ3n) is 12.0. The van der Waals surface area contributed by atoms with Gasteiger partial charge in [0.1, 0.15) is 11.4 Å². The van der Waals surface area contributed by atoms with E-state index < -0.39 is 16.4 Å². The fourth-order valence-corrected chi connectivity index (χ4v) is 7.62. The van der Waals surface area contributed by atoms with Crippen LogP contribution in [0.1, 0.15) is 168 Å². The van der Waals surface area contributed by atoms with Gasteiger partial charge in [-0.2, -0.15) is 0 Å². The van der Waals surface area contributed by atoms with Crippen LogP contribution in [-0.2, 0) is 25.2 Å². The number of rotatable bonds is 14. The average Bonchev–Trinajstić information content (AvgIpc) is 3.04. The minimum absolute atomic E-state index is 0.0435. The molecule has 256 valence electrons. The molecule has 0 saturated heterocycles. The highest BCUT2D eigenvalue weighted by Crippen LogP contribution is 2.47. The van der Waals surface area contributed by atoms with Crippen LogP contribution in [0.25, 0.3) is 0 Å². The van der Waals surface area contributed by atoms with Crippen molar-refractivity contribution >= 4 is 11.9 Å². The molecule has 0 heterocycles. The first-order chi connectivity index (χ1) is 21.5. The van der Waals surface area contributed by atoms with Crippen LogP contribution >= 0.6 is 0 Å². The fourth-order valence-electron chi connectivity index (χ4n) is 7.62. The highest BCUT2D eigenvalue weighted by Gasteiger charge is 2.47. The van der Waals surface area contributed by atoms with Crippen LogP contribution in [0, 0.1) is 24.7 Å². The first kappa shape index (κ1) is 37.8. The monoisotopic (exact) mass is 632 g/mol. The number of hydrogen-bond acceptors (Lipinski definition) is 4. The Morgan fingerprint density at radius 3 is 1.72 bits per heavy atom. The lowest BCUT2D eigenvalue weighted by Gasteiger charge is -2.40. The van der Waals surface area contributed by atoms with Gasteiger partial charge >= 0.3 is 11.9 Å². The summed E-state index contributed by atoms with van der Waals surface area (Å²) in [5.74, 6) is 0.0763. The number of hydrogen-bond donors (Lipinski definition) is 0. The Kier molecular flexibility index (Phi) is 12.0. The van der Waals surface area contributed by atoms with E-state index in [0.717, 1.165) is 37.7 Å². The van der Waals surface area contributed by atoms with Crippen LogP contribution < -0.4 is 4.74 Å². The SMILES string of the molecule is CCC(C)(CC)OC(=O)C(CC)(CC)CC(C)(C)C(=O)Oc1ccc(C2(c3ccc(C(C)(C)CC)c(C)c3)CCCCC2)cc1C. The quantitative estimate of drug-likeness (QED) is 0.154. The first-order valence-corrected chi connectivity index (χ1v) is 18.2. The third-order valence-corrected chi connectivity index (χ3v) is 12.0. The second-order valence-electron chi connectivity index (χ2n) is 15.9. The predicted molar refractivity (Wildman–Crippen MR) is 192 cm³/mol. The molecule has 0 aliphatic heterocycles. The van der Waals surface area contributed by atoms with Crippen LogP contribution in [0.5, 0.6) is 5.75 Å². The molecule has 0 unspecified atom stereocenters. The molecule has 1 aliphatic carbocycles. The van der Waals surface area contributed by atoms with Gasteiger partial charge in [0.05, 0.1) is 10.8 Å². The van der Waals surface area contributed by atoms with Crippen molar-refractivity contribution in [3.05, 3.63) is 64.2 Å². The van der Waals surface area contributed by atoms with Gasteiger partial charge in [-0.3, -0.25) is 9.59 Å². The van der Waals surface area contributed by atoms with E-state index in [1.54, 1.807) is 0 Å². The van der Waals surface area contributed by atoms with Crippen LogP contribution in [0.4, 0.5) is 0 Å². The Balaban J connectivity index is 1.90. The van der Waals surface area contributed by atoms with Crippen LogP contribution in [-0.4, -0.2) is 17.5 Å². The topological polar surface area (TPSA) is 52.6 Å². The van der Waals surface area contributed by atoms with Crippen molar-refractivity contribution in [2.45, 2.75) is 170 Å². The number of esters is 2. The van der Waals surface area contributed by atoms with E-state index in [1.807, 2.05) is 61.5 Å². The summed E-state index contributed by atoms with van der Waals surface area (Å²) in [4.78, 5) is 27.4. The predicted octanol–water partition coefficient (Wildman–Crippen LogP) is 11.5. The largest absolute Gasteiger partial charge is 0.459 e. The molecule has 1 saturated carbocycles. The molecule has 0 radical (unpaired) electrons. The summed E-state index contributed by atoms with van der Waals surface area (Å²) in [5.41, 5.74) is 4.45. The normalized spacial score (nSPS) is 15.8. The summed E-state index contributed by atoms with van der Waals surface area (Å²) >= 11 is 0. The van der Waals surface area contributed by atoms with E-state index in [0.29, 0.717) is 25.0 Å². The minimum Gasteiger partial charge on any atom is -0.459 e. The number of benzene rings is 2. The highest BCUT2D eigenvalue weighted by atomic mass is 16.6. The molecule has 0 atom stereocenters. The molecule has 1 fully saturated rings. The van der Waals surface area contributed by atoms with Gasteiger partial charge in [-0.15, -0.1) is 0 Å². The lowest BCUT2D eigenvalue weighted by Crippen LogP contribution is -2.44. The van der Waals surface area contributed by atoms with Crippen molar-refractivity contribution in [2.24, 2.45) is 10.8 Å². The fraction of sp³-hybridized carbons (Fsp3) is 0.667. The zero-order valence-electron chi connectivity index (χ0n) is 31.4. The van der Waals surface area contributed by atoms with Crippen molar-refractivity contribution < 1.29 is 19.1 Å². The molecule has 4 nitrogen and oxygen atoms in total. The van der Waals surface area contributed by atoms with Gasteiger partial charge in [-0.05, 0) is 125 Å². The average molecular weight is 633 g/mol.